The lowest BCUT2D eigenvalue weighted by molar-refractivity contribution is 0.0692. The van der Waals surface area contributed by atoms with Crippen LogP contribution in [0.2, 0.25) is 0 Å². The third kappa shape index (κ3) is 2.65. The van der Waals surface area contributed by atoms with Gasteiger partial charge in [-0.15, -0.1) is 0 Å². The van der Waals surface area contributed by atoms with Crippen LogP contribution in [0, 0.1) is 5.92 Å². The average molecular weight is 340 g/mol. The van der Waals surface area contributed by atoms with E-state index >= 15 is 0 Å². The number of hydrogen-bond donors (Lipinski definition) is 2. The molecule has 0 radical (unpaired) electrons. The molecule has 0 amide bonds. The Morgan fingerprint density at radius 1 is 1.24 bits per heavy atom. The van der Waals surface area contributed by atoms with Crippen LogP contribution in [0.5, 0.6) is 11.5 Å². The molecule has 0 fully saturated rings. The number of carbonyl (C=O) groups excluding carboxylic acids is 1. The lowest BCUT2D eigenvalue weighted by Crippen LogP contribution is -2.29. The second kappa shape index (κ2) is 5.92. The van der Waals surface area contributed by atoms with Gasteiger partial charge in [0.15, 0.2) is 5.78 Å². The van der Waals surface area contributed by atoms with Crippen molar-refractivity contribution < 1.29 is 24.5 Å². The first-order valence-corrected chi connectivity index (χ1v) is 8.04. The number of carbonyl (C=O) groups is 2. The topological polar surface area (TPSA) is 83.8 Å². The van der Waals surface area contributed by atoms with E-state index in [2.05, 4.69) is 0 Å². The van der Waals surface area contributed by atoms with Crippen LogP contribution < -0.4 is 4.74 Å². The number of methoxy groups -OCH3 is 1. The lowest BCUT2D eigenvalue weighted by Gasteiger charge is -2.27. The molecule has 130 valence electrons. The summed E-state index contributed by atoms with van der Waals surface area (Å²) in [6.07, 6.45) is 0.151. The number of ether oxygens (including phenoxy) is 1. The van der Waals surface area contributed by atoms with E-state index in [0.717, 1.165) is 5.56 Å². The third-order valence-corrected chi connectivity index (χ3v) is 5.15. The van der Waals surface area contributed by atoms with Gasteiger partial charge in [-0.25, -0.2) is 4.79 Å². The fourth-order valence-electron chi connectivity index (χ4n) is 3.67. The molecule has 0 saturated heterocycles. The fourth-order valence-corrected chi connectivity index (χ4v) is 3.67. The van der Waals surface area contributed by atoms with Gasteiger partial charge < -0.3 is 14.9 Å². The van der Waals surface area contributed by atoms with Crippen LogP contribution in [0.4, 0.5) is 0 Å². The molecular formula is C20H20O5. The summed E-state index contributed by atoms with van der Waals surface area (Å²) >= 11 is 0. The van der Waals surface area contributed by atoms with Crippen molar-refractivity contribution in [1.82, 2.24) is 0 Å². The fraction of sp³-hybridized carbons (Fsp3) is 0.300. The molecule has 2 N–H and O–H groups in total. The average Bonchev–Trinajstić information content (AvgIpc) is 2.77. The Kier molecular flexibility index (Phi) is 4.03. The molecule has 1 atom stereocenters. The number of phenols is 1. The van der Waals surface area contributed by atoms with Crippen LogP contribution in [0.1, 0.15) is 45.7 Å². The van der Waals surface area contributed by atoms with E-state index < -0.39 is 17.3 Å². The molecule has 2 aromatic rings. The van der Waals surface area contributed by atoms with Crippen molar-refractivity contribution in [2.75, 3.05) is 7.11 Å². The monoisotopic (exact) mass is 340 g/mol. The number of Topliss-reactive ketones (excluding diaryl/α,β-unsaturated/α-hetero) is 1. The van der Waals surface area contributed by atoms with Gasteiger partial charge in [-0.05, 0) is 18.1 Å². The summed E-state index contributed by atoms with van der Waals surface area (Å²) < 4.78 is 5.03. The molecule has 0 unspecified atom stereocenters. The van der Waals surface area contributed by atoms with E-state index in [-0.39, 0.29) is 34.8 Å². The number of hydrogen-bond acceptors (Lipinski definition) is 4. The minimum atomic E-state index is -1.16. The normalized spacial score (nSPS) is 18.0. The summed E-state index contributed by atoms with van der Waals surface area (Å²) in [5.74, 6) is -1.53. The highest BCUT2D eigenvalue weighted by Crippen LogP contribution is 2.45. The summed E-state index contributed by atoms with van der Waals surface area (Å²) in [5.41, 5.74) is 1.39. The van der Waals surface area contributed by atoms with Crippen LogP contribution in [-0.4, -0.2) is 29.1 Å². The molecule has 25 heavy (non-hydrogen) atoms. The van der Waals surface area contributed by atoms with Crippen molar-refractivity contribution in [2.45, 2.75) is 25.7 Å². The van der Waals surface area contributed by atoms with E-state index in [1.54, 1.807) is 6.07 Å². The van der Waals surface area contributed by atoms with Gasteiger partial charge in [0.25, 0.3) is 0 Å². The number of benzene rings is 2. The van der Waals surface area contributed by atoms with Crippen LogP contribution in [0.25, 0.3) is 0 Å². The summed E-state index contributed by atoms with van der Waals surface area (Å²) in [6, 6.07) is 10.2. The van der Waals surface area contributed by atoms with Crippen LogP contribution in [-0.2, 0) is 11.8 Å². The summed E-state index contributed by atoms with van der Waals surface area (Å²) in [4.78, 5) is 24.5. The number of fused-ring (bicyclic) bond motifs is 1. The number of ketones is 1. The molecule has 0 bridgehead atoms. The largest absolute Gasteiger partial charge is 0.508 e. The number of rotatable bonds is 4. The van der Waals surface area contributed by atoms with Crippen molar-refractivity contribution in [3.8, 4) is 11.5 Å². The Labute approximate surface area is 145 Å². The van der Waals surface area contributed by atoms with E-state index in [1.807, 2.05) is 32.0 Å². The standard InChI is InChI=1S/C20H20O5/c1-20(2)15-7-5-4-6-12(15)18(22)16(20)10-13-14(19(23)24)8-11(25-3)9-17(13)21/h4-9,16,21H,10H2,1-3H3,(H,23,24)/t16-/m1/s1. The first-order chi connectivity index (χ1) is 11.8. The number of carboxylic acids is 1. The van der Waals surface area contributed by atoms with Crippen molar-refractivity contribution in [3.05, 3.63) is 58.7 Å². The van der Waals surface area contributed by atoms with Crippen molar-refractivity contribution >= 4 is 11.8 Å². The van der Waals surface area contributed by atoms with Crippen molar-refractivity contribution in [3.63, 3.8) is 0 Å². The molecule has 1 aliphatic rings. The van der Waals surface area contributed by atoms with E-state index in [0.29, 0.717) is 5.56 Å². The molecular weight excluding hydrogens is 320 g/mol. The Bertz CT molecular complexity index is 866. The van der Waals surface area contributed by atoms with E-state index in [1.165, 1.54) is 19.2 Å². The minimum absolute atomic E-state index is 0.0212. The van der Waals surface area contributed by atoms with Gasteiger partial charge in [-0.3, -0.25) is 4.79 Å². The van der Waals surface area contributed by atoms with Crippen LogP contribution >= 0.6 is 0 Å². The third-order valence-electron chi connectivity index (χ3n) is 5.15. The highest BCUT2D eigenvalue weighted by Gasteiger charge is 2.45. The van der Waals surface area contributed by atoms with Crippen molar-refractivity contribution in [2.24, 2.45) is 5.92 Å². The molecule has 5 nitrogen and oxygen atoms in total. The molecule has 1 aliphatic carbocycles. The summed E-state index contributed by atoms with van der Waals surface area (Å²) in [6.45, 7) is 3.95. The quantitative estimate of drug-likeness (QED) is 0.891. The Morgan fingerprint density at radius 2 is 1.92 bits per heavy atom. The molecule has 0 saturated carbocycles. The SMILES string of the molecule is COc1cc(O)c(C[C@@H]2C(=O)c3ccccc3C2(C)C)c(C(=O)O)c1. The maximum Gasteiger partial charge on any atom is 0.336 e. The van der Waals surface area contributed by atoms with E-state index in [4.69, 9.17) is 4.74 Å². The van der Waals surface area contributed by atoms with Gasteiger partial charge in [-0.2, -0.15) is 0 Å². The second-order valence-electron chi connectivity index (χ2n) is 6.87. The van der Waals surface area contributed by atoms with E-state index in [9.17, 15) is 19.8 Å². The number of phenolic OH excluding ortho intramolecular Hbond substituents is 1. The molecule has 0 spiro atoms. The van der Waals surface area contributed by atoms with Gasteiger partial charge >= 0.3 is 5.97 Å². The molecule has 5 heteroatoms. The number of aromatic hydroxyl groups is 1. The Hall–Kier alpha value is -2.82. The van der Waals surface area contributed by atoms with Crippen LogP contribution in [0.15, 0.2) is 36.4 Å². The highest BCUT2D eigenvalue weighted by atomic mass is 16.5. The molecule has 3 rings (SSSR count). The molecule has 0 aliphatic heterocycles. The molecule has 2 aromatic carbocycles. The van der Waals surface area contributed by atoms with Gasteiger partial charge in [-0.1, -0.05) is 38.1 Å². The zero-order valence-electron chi connectivity index (χ0n) is 14.4. The maximum absolute atomic E-state index is 12.9. The first-order valence-electron chi connectivity index (χ1n) is 8.04. The van der Waals surface area contributed by atoms with Crippen LogP contribution in [0.3, 0.4) is 0 Å². The predicted octanol–water partition coefficient (Wildman–Crippen LogP) is 3.43. The minimum Gasteiger partial charge on any atom is -0.508 e. The van der Waals surface area contributed by atoms with Gasteiger partial charge in [0, 0.05) is 28.5 Å². The second-order valence-corrected chi connectivity index (χ2v) is 6.87. The molecule has 0 aromatic heterocycles. The summed E-state index contributed by atoms with van der Waals surface area (Å²) in [5, 5.41) is 19.8. The van der Waals surface area contributed by atoms with Crippen molar-refractivity contribution in [1.29, 1.82) is 0 Å². The van der Waals surface area contributed by atoms with Gasteiger partial charge in [0.1, 0.15) is 11.5 Å². The molecule has 0 heterocycles. The lowest BCUT2D eigenvalue weighted by atomic mass is 9.75. The Balaban J connectivity index is 2.07. The predicted molar refractivity (Wildman–Crippen MR) is 92.6 cm³/mol. The first kappa shape index (κ1) is 17.0. The summed E-state index contributed by atoms with van der Waals surface area (Å²) in [7, 11) is 1.40. The zero-order chi connectivity index (χ0) is 18.4. The Morgan fingerprint density at radius 3 is 2.52 bits per heavy atom. The smallest absolute Gasteiger partial charge is 0.336 e. The highest BCUT2D eigenvalue weighted by molar-refractivity contribution is 6.04. The number of carboxylic acid groups (broad SMARTS) is 1. The van der Waals surface area contributed by atoms with Gasteiger partial charge in [0.05, 0.1) is 12.7 Å². The maximum atomic E-state index is 12.9. The zero-order valence-corrected chi connectivity index (χ0v) is 14.4. The van der Waals surface area contributed by atoms with Gasteiger partial charge in [0.2, 0.25) is 0 Å². The number of aromatic carboxylic acids is 1.